The minimum Gasteiger partial charge on any atom is -0.478 e. The number of carboxylic acid groups (broad SMARTS) is 1. The average Bonchev–Trinajstić information content (AvgIpc) is 2.19. The summed E-state index contributed by atoms with van der Waals surface area (Å²) in [6.45, 7) is 6.62. The Morgan fingerprint density at radius 2 is 2.00 bits per heavy atom. The Kier molecular flexibility index (Phi) is 2.85. The summed E-state index contributed by atoms with van der Waals surface area (Å²) in [6, 6.07) is 0. The molecule has 3 nitrogen and oxygen atoms in total. The predicted molar refractivity (Wildman–Crippen MR) is 65.6 cm³/mol. The molecule has 17 heavy (non-hydrogen) atoms. The van der Waals surface area contributed by atoms with Gasteiger partial charge in [-0.2, -0.15) is 0 Å². The van der Waals surface area contributed by atoms with E-state index in [9.17, 15) is 9.90 Å². The van der Waals surface area contributed by atoms with Crippen LogP contribution in [0.1, 0.15) is 46.5 Å². The zero-order valence-electron chi connectivity index (χ0n) is 10.9. The second kappa shape index (κ2) is 3.84. The van der Waals surface area contributed by atoms with E-state index in [0.717, 1.165) is 19.3 Å². The maximum Gasteiger partial charge on any atom is 0.333 e. The van der Waals surface area contributed by atoms with Crippen molar-refractivity contribution in [2.45, 2.75) is 52.6 Å². The highest BCUT2D eigenvalue weighted by molar-refractivity contribution is 5.88. The van der Waals surface area contributed by atoms with Gasteiger partial charge in [-0.1, -0.05) is 33.3 Å². The molecule has 1 saturated carbocycles. The Bertz CT molecular complexity index is 370. The summed E-state index contributed by atoms with van der Waals surface area (Å²) in [7, 11) is 0. The molecule has 0 aromatic heterocycles. The number of allylic oxidation sites excluding steroid dienone is 1. The molecule has 96 valence electrons. The molecule has 0 amide bonds. The van der Waals surface area contributed by atoms with E-state index in [-0.39, 0.29) is 16.4 Å². The van der Waals surface area contributed by atoms with Crippen LogP contribution in [0.4, 0.5) is 0 Å². The second-order valence-electron chi connectivity index (χ2n) is 6.56. The molecule has 1 fully saturated rings. The number of fused-ring (bicyclic) bond motifs is 1. The van der Waals surface area contributed by atoms with E-state index in [4.69, 9.17) is 5.11 Å². The maximum absolute atomic E-state index is 11.1. The van der Waals surface area contributed by atoms with Gasteiger partial charge in [-0.05, 0) is 36.0 Å². The van der Waals surface area contributed by atoms with Gasteiger partial charge in [0.2, 0.25) is 0 Å². The molecule has 0 unspecified atom stereocenters. The summed E-state index contributed by atoms with van der Waals surface area (Å²) in [5.41, 5.74) is 0.324. The van der Waals surface area contributed by atoms with Gasteiger partial charge in [-0.15, -0.1) is 0 Å². The number of aliphatic hydroxyl groups is 1. The number of aliphatic carboxylic acids is 1. The van der Waals surface area contributed by atoms with Crippen LogP contribution in [0.5, 0.6) is 0 Å². The first-order valence-corrected chi connectivity index (χ1v) is 6.40. The van der Waals surface area contributed by atoms with E-state index >= 15 is 0 Å². The summed E-state index contributed by atoms with van der Waals surface area (Å²) in [5.74, 6) is -0.595. The van der Waals surface area contributed by atoms with Gasteiger partial charge in [-0.3, -0.25) is 0 Å². The van der Waals surface area contributed by atoms with Gasteiger partial charge in [0.1, 0.15) is 0 Å². The normalized spacial score (nSPS) is 40.4. The summed E-state index contributed by atoms with van der Waals surface area (Å²) < 4.78 is 0. The minimum atomic E-state index is -0.972. The molecule has 3 atom stereocenters. The summed E-state index contributed by atoms with van der Waals surface area (Å²) in [6.07, 6.45) is 4.94. The van der Waals surface area contributed by atoms with Crippen molar-refractivity contribution in [3.63, 3.8) is 0 Å². The summed E-state index contributed by atoms with van der Waals surface area (Å²) in [4.78, 5) is 11.1. The Labute approximate surface area is 103 Å². The van der Waals surface area contributed by atoms with Crippen LogP contribution in [0.15, 0.2) is 11.6 Å². The maximum atomic E-state index is 11.1. The molecule has 2 rings (SSSR count). The zero-order chi connectivity index (χ0) is 12.8. The van der Waals surface area contributed by atoms with Gasteiger partial charge in [0.25, 0.3) is 0 Å². The number of aliphatic hydroxyl groups excluding tert-OH is 1. The van der Waals surface area contributed by atoms with E-state index in [1.165, 1.54) is 0 Å². The van der Waals surface area contributed by atoms with Crippen molar-refractivity contribution in [1.82, 2.24) is 0 Å². The Balaban J connectivity index is 2.41. The molecule has 0 bridgehead atoms. The quantitative estimate of drug-likeness (QED) is 0.738. The fourth-order valence-electron chi connectivity index (χ4n) is 3.93. The first-order valence-electron chi connectivity index (χ1n) is 6.40. The first-order chi connectivity index (χ1) is 7.76. The van der Waals surface area contributed by atoms with Crippen molar-refractivity contribution >= 4 is 5.97 Å². The number of hydrogen-bond acceptors (Lipinski definition) is 2. The average molecular weight is 238 g/mol. The molecule has 0 aromatic carbocycles. The molecular formula is C14H22O3. The van der Waals surface area contributed by atoms with Gasteiger partial charge in [0, 0.05) is 0 Å². The second-order valence-corrected chi connectivity index (χ2v) is 6.56. The van der Waals surface area contributed by atoms with E-state index in [1.54, 1.807) is 0 Å². The predicted octanol–water partition coefficient (Wildman–Crippen LogP) is 2.59. The van der Waals surface area contributed by atoms with Crippen molar-refractivity contribution in [3.8, 4) is 0 Å². The lowest BCUT2D eigenvalue weighted by molar-refractivity contribution is -0.135. The largest absolute Gasteiger partial charge is 0.478 e. The zero-order valence-corrected chi connectivity index (χ0v) is 10.9. The fraction of sp³-hybridized carbons (Fsp3) is 0.786. The number of hydrogen-bond donors (Lipinski definition) is 2. The van der Waals surface area contributed by atoms with Gasteiger partial charge < -0.3 is 10.2 Å². The number of rotatable bonds is 1. The van der Waals surface area contributed by atoms with Crippen molar-refractivity contribution in [1.29, 1.82) is 0 Å². The molecule has 0 saturated heterocycles. The van der Waals surface area contributed by atoms with E-state index < -0.39 is 12.1 Å². The van der Waals surface area contributed by atoms with Crippen LogP contribution in [0.3, 0.4) is 0 Å². The molecule has 0 spiro atoms. The highest BCUT2D eigenvalue weighted by Crippen LogP contribution is 2.56. The van der Waals surface area contributed by atoms with Gasteiger partial charge in [0.05, 0.1) is 11.7 Å². The lowest BCUT2D eigenvalue weighted by atomic mass is 9.52. The van der Waals surface area contributed by atoms with Crippen LogP contribution in [-0.2, 0) is 4.79 Å². The molecule has 2 aliphatic carbocycles. The van der Waals surface area contributed by atoms with Crippen molar-refractivity contribution in [2.24, 2.45) is 16.7 Å². The lowest BCUT2D eigenvalue weighted by Gasteiger charge is -2.52. The molecule has 2 aliphatic rings. The molecule has 3 heteroatoms. The smallest absolute Gasteiger partial charge is 0.333 e. The standard InChI is InChI=1S/C14H22O3/c1-13(2)5-4-6-14(3)8-9(12(16)17)10(15)7-11(13)14/h8,10-11,15H,4-7H2,1-3H3,(H,16,17)/t10-,11+,14+/m0/s1. The summed E-state index contributed by atoms with van der Waals surface area (Å²) >= 11 is 0. The third-order valence-electron chi connectivity index (χ3n) is 4.83. The Hall–Kier alpha value is -0.830. The van der Waals surface area contributed by atoms with Crippen molar-refractivity contribution in [3.05, 3.63) is 11.6 Å². The van der Waals surface area contributed by atoms with Gasteiger partial charge >= 0.3 is 5.97 Å². The topological polar surface area (TPSA) is 57.5 Å². The molecule has 0 aliphatic heterocycles. The van der Waals surface area contributed by atoms with E-state index in [2.05, 4.69) is 20.8 Å². The molecule has 0 heterocycles. The van der Waals surface area contributed by atoms with Gasteiger partial charge in [0.15, 0.2) is 0 Å². The minimum absolute atomic E-state index is 0.0608. The molecule has 0 radical (unpaired) electrons. The molecule has 2 N–H and O–H groups in total. The van der Waals surface area contributed by atoms with Gasteiger partial charge in [-0.25, -0.2) is 4.79 Å². The first kappa shape index (κ1) is 12.6. The lowest BCUT2D eigenvalue weighted by Crippen LogP contribution is -2.46. The molecular weight excluding hydrogens is 216 g/mol. The van der Waals surface area contributed by atoms with Crippen LogP contribution in [-0.4, -0.2) is 22.3 Å². The van der Waals surface area contributed by atoms with Crippen molar-refractivity contribution < 1.29 is 15.0 Å². The van der Waals surface area contributed by atoms with Crippen molar-refractivity contribution in [2.75, 3.05) is 0 Å². The highest BCUT2D eigenvalue weighted by atomic mass is 16.4. The van der Waals surface area contributed by atoms with Crippen LogP contribution in [0, 0.1) is 16.7 Å². The fourth-order valence-corrected chi connectivity index (χ4v) is 3.93. The Morgan fingerprint density at radius 1 is 1.35 bits per heavy atom. The molecule has 0 aromatic rings. The number of carbonyl (C=O) groups is 1. The van der Waals surface area contributed by atoms with E-state index in [1.807, 2.05) is 6.08 Å². The third kappa shape index (κ3) is 2.01. The van der Waals surface area contributed by atoms with Crippen LogP contribution in [0.2, 0.25) is 0 Å². The summed E-state index contributed by atoms with van der Waals surface area (Å²) in [5, 5.41) is 19.1. The van der Waals surface area contributed by atoms with Crippen LogP contribution >= 0.6 is 0 Å². The number of carboxylic acids is 1. The Morgan fingerprint density at radius 3 is 2.59 bits per heavy atom. The van der Waals surface area contributed by atoms with E-state index in [0.29, 0.717) is 12.3 Å². The SMILES string of the molecule is CC1(C)CCC[C@]2(C)C=C(C(=O)O)[C@@H](O)C[C@H]12. The van der Waals surface area contributed by atoms with Crippen LogP contribution < -0.4 is 0 Å². The third-order valence-corrected chi connectivity index (χ3v) is 4.83. The monoisotopic (exact) mass is 238 g/mol. The van der Waals surface area contributed by atoms with Crippen LogP contribution in [0.25, 0.3) is 0 Å². The highest BCUT2D eigenvalue weighted by Gasteiger charge is 2.49.